The highest BCUT2D eigenvalue weighted by molar-refractivity contribution is 7.97. The Bertz CT molecular complexity index is 1540. The lowest BCUT2D eigenvalue weighted by atomic mass is 10.3. The fraction of sp³-hybridized carbons (Fsp3) is 0.333. The molecule has 0 aliphatic carbocycles. The zero-order chi connectivity index (χ0) is 33.3. The van der Waals surface area contributed by atoms with Crippen molar-refractivity contribution in [1.82, 2.24) is 0 Å². The maximum absolute atomic E-state index is 12.2. The Morgan fingerprint density at radius 2 is 0.896 bits per heavy atom. The maximum Gasteiger partial charge on any atom is 0.199 e. The fourth-order valence-corrected chi connectivity index (χ4v) is 7.86. The summed E-state index contributed by atoms with van der Waals surface area (Å²) in [6.07, 6.45) is 5.53. The molecule has 0 radical (unpaired) electrons. The van der Waals surface area contributed by atoms with Crippen molar-refractivity contribution in [3.05, 3.63) is 103 Å². The van der Waals surface area contributed by atoms with E-state index in [0.717, 1.165) is 99.9 Å². The molecule has 4 aromatic rings. The molecule has 4 aromatic carbocycles. The van der Waals surface area contributed by atoms with E-state index in [-0.39, 0.29) is 29.8 Å². The molecule has 3 aliphatic rings. The van der Waals surface area contributed by atoms with Gasteiger partial charge in [0.25, 0.3) is 0 Å². The van der Waals surface area contributed by atoms with Gasteiger partial charge in [0.15, 0.2) is 33.6 Å². The molecule has 3 aliphatic heterocycles. The molecule has 3 fully saturated rings. The van der Waals surface area contributed by atoms with Crippen molar-refractivity contribution in [2.45, 2.75) is 77.0 Å². The summed E-state index contributed by atoms with van der Waals surface area (Å²) in [4.78, 5) is 3.21. The lowest BCUT2D eigenvalue weighted by Crippen LogP contribution is -2.14. The third-order valence-electron chi connectivity index (χ3n) is 7.75. The zero-order valence-corrected chi connectivity index (χ0v) is 27.8. The first-order valence-electron chi connectivity index (χ1n) is 15.9. The maximum atomic E-state index is 12.2. The first-order chi connectivity index (χ1) is 23.3. The summed E-state index contributed by atoms with van der Waals surface area (Å²) >= 11 is 0. The predicted molar refractivity (Wildman–Crippen MR) is 175 cm³/mol. The molecule has 0 amide bonds. The Morgan fingerprint density at radius 1 is 0.562 bits per heavy atom. The molecule has 0 bridgehead atoms. The van der Waals surface area contributed by atoms with Crippen LogP contribution in [0.3, 0.4) is 0 Å². The lowest BCUT2D eigenvalue weighted by molar-refractivity contribution is -0.0393. The summed E-state index contributed by atoms with van der Waals surface area (Å²) < 4.78 is 77.9. The Balaban J connectivity index is 0.000000312. The Hall–Kier alpha value is -3.65. The van der Waals surface area contributed by atoms with Crippen molar-refractivity contribution in [3.63, 3.8) is 0 Å². The van der Waals surface area contributed by atoms with Crippen molar-refractivity contribution in [1.29, 1.82) is 0 Å². The molecule has 0 N–H and O–H groups in total. The van der Waals surface area contributed by atoms with E-state index < -0.39 is 20.8 Å². The molecule has 9 nitrogen and oxygen atoms in total. The van der Waals surface area contributed by atoms with Gasteiger partial charge in [0.1, 0.15) is 33.2 Å². The summed E-state index contributed by atoms with van der Waals surface area (Å²) in [7, 11) is -4.75. The van der Waals surface area contributed by atoms with Crippen LogP contribution in [0.5, 0.6) is 17.2 Å². The molecule has 254 valence electrons. The predicted octanol–water partition coefficient (Wildman–Crippen LogP) is 7.06. The van der Waals surface area contributed by atoms with E-state index in [4.69, 9.17) is 28.4 Å². The normalized spacial score (nSPS) is 21.2. The van der Waals surface area contributed by atoms with Crippen LogP contribution in [0.1, 0.15) is 38.5 Å². The average molecular weight is 697 g/mol. The topological polar surface area (TPSA) is 113 Å². The molecule has 3 heterocycles. The minimum Gasteiger partial charge on any atom is -0.744 e. The second-order valence-electron chi connectivity index (χ2n) is 11.3. The van der Waals surface area contributed by atoms with Gasteiger partial charge in [0.2, 0.25) is 0 Å². The van der Waals surface area contributed by atoms with Gasteiger partial charge in [-0.25, -0.2) is 12.8 Å². The van der Waals surface area contributed by atoms with Crippen molar-refractivity contribution >= 4 is 21.0 Å². The first-order valence-corrected chi connectivity index (χ1v) is 18.5. The summed E-state index contributed by atoms with van der Waals surface area (Å²) in [5.41, 5.74) is 0. The summed E-state index contributed by atoms with van der Waals surface area (Å²) in [5, 5.41) is 0. The van der Waals surface area contributed by atoms with Crippen molar-refractivity contribution in [2.24, 2.45) is 0 Å². The van der Waals surface area contributed by atoms with Crippen LogP contribution in [0, 0.1) is 5.82 Å². The van der Waals surface area contributed by atoms with E-state index in [9.17, 15) is 17.4 Å². The quantitative estimate of drug-likeness (QED) is 0.127. The van der Waals surface area contributed by atoms with E-state index in [1.807, 2.05) is 36.4 Å². The number of halogens is 1. The Kier molecular flexibility index (Phi) is 11.5. The standard InChI is InChI=1S/C30H33O6S.C6H5FO3S/c1-4-28(31-19-1)34-22-7-13-25(14-8-22)37(26-15-9-23(10-16-26)35-29-5-2-20-32-29)27-17-11-24(12-18-27)36-30-6-3-21-33-30;7-5-1-3-6(4-2-5)11(8,9)10/h7-18,28-30H,1-6,19-21H2;1-4H,(H,8,9,10)/q+1;/p-1. The van der Waals surface area contributed by atoms with Crippen LogP contribution in [-0.4, -0.2) is 51.7 Å². The highest BCUT2D eigenvalue weighted by Crippen LogP contribution is 2.35. The smallest absolute Gasteiger partial charge is 0.199 e. The van der Waals surface area contributed by atoms with Gasteiger partial charge in [0.05, 0.1) is 35.6 Å². The minimum atomic E-state index is -4.44. The third kappa shape index (κ3) is 9.49. The second kappa shape index (κ2) is 16.2. The van der Waals surface area contributed by atoms with Crippen LogP contribution < -0.4 is 14.2 Å². The Labute approximate surface area is 283 Å². The van der Waals surface area contributed by atoms with E-state index >= 15 is 0 Å². The molecule has 0 spiro atoms. The van der Waals surface area contributed by atoms with Crippen molar-refractivity contribution in [2.75, 3.05) is 19.8 Å². The zero-order valence-electron chi connectivity index (χ0n) is 26.2. The molecular weight excluding hydrogens is 660 g/mol. The molecule has 0 saturated carbocycles. The SMILES string of the molecule is O=S(=O)([O-])c1ccc(F)cc1.c1cc([S+](c2ccc(OC3CCCO3)cc2)c2ccc(OC3CCCO3)cc2)ccc1OC1CCCO1. The van der Waals surface area contributed by atoms with Gasteiger partial charge in [-0.3, -0.25) is 0 Å². The van der Waals surface area contributed by atoms with Gasteiger partial charge in [-0.2, -0.15) is 0 Å². The fourth-order valence-electron chi connectivity index (χ4n) is 5.35. The van der Waals surface area contributed by atoms with Crippen LogP contribution in [0.2, 0.25) is 0 Å². The molecule has 48 heavy (non-hydrogen) atoms. The van der Waals surface area contributed by atoms with E-state index in [2.05, 4.69) is 36.4 Å². The van der Waals surface area contributed by atoms with Crippen LogP contribution in [0.25, 0.3) is 0 Å². The monoisotopic (exact) mass is 696 g/mol. The average Bonchev–Trinajstić information content (AvgIpc) is 3.90. The van der Waals surface area contributed by atoms with Gasteiger partial charge in [-0.15, -0.1) is 0 Å². The molecular formula is C36H37FO9S2. The van der Waals surface area contributed by atoms with Crippen molar-refractivity contribution in [3.8, 4) is 17.2 Å². The number of rotatable bonds is 10. The van der Waals surface area contributed by atoms with E-state index in [1.54, 1.807) is 0 Å². The first kappa shape index (κ1) is 34.2. The third-order valence-corrected chi connectivity index (χ3v) is 10.8. The number of benzene rings is 4. The van der Waals surface area contributed by atoms with Gasteiger partial charge in [-0.05, 0) is 116 Å². The van der Waals surface area contributed by atoms with Gasteiger partial charge < -0.3 is 33.0 Å². The summed E-state index contributed by atoms with van der Waals surface area (Å²) in [6.45, 7) is 2.31. The number of hydrogen-bond acceptors (Lipinski definition) is 9. The molecule has 3 saturated heterocycles. The summed E-state index contributed by atoms with van der Waals surface area (Å²) in [6, 6.07) is 28.9. The summed E-state index contributed by atoms with van der Waals surface area (Å²) in [5.74, 6) is 1.93. The largest absolute Gasteiger partial charge is 0.744 e. The van der Waals surface area contributed by atoms with Gasteiger partial charge in [0, 0.05) is 19.3 Å². The van der Waals surface area contributed by atoms with E-state index in [0.29, 0.717) is 0 Å². The molecule has 3 unspecified atom stereocenters. The highest BCUT2D eigenvalue weighted by Gasteiger charge is 2.30. The second-order valence-corrected chi connectivity index (χ2v) is 14.7. The van der Waals surface area contributed by atoms with Crippen molar-refractivity contribution < 1.29 is 45.8 Å². The van der Waals surface area contributed by atoms with E-state index in [1.165, 1.54) is 14.7 Å². The number of ether oxygens (including phenoxy) is 6. The molecule has 7 rings (SSSR count). The molecule has 12 heteroatoms. The molecule has 3 atom stereocenters. The van der Waals surface area contributed by atoms with Crippen LogP contribution in [0.15, 0.2) is 117 Å². The van der Waals surface area contributed by atoms with Gasteiger partial charge in [-0.1, -0.05) is 0 Å². The molecule has 0 aromatic heterocycles. The van der Waals surface area contributed by atoms with Crippen LogP contribution in [-0.2, 0) is 35.2 Å². The Morgan fingerprint density at radius 3 is 1.17 bits per heavy atom. The number of hydrogen-bond donors (Lipinski definition) is 0. The highest BCUT2D eigenvalue weighted by atomic mass is 32.2. The van der Waals surface area contributed by atoms with Gasteiger partial charge >= 0.3 is 0 Å². The van der Waals surface area contributed by atoms with Crippen LogP contribution >= 0.6 is 0 Å². The lowest BCUT2D eigenvalue weighted by Gasteiger charge is -2.15. The van der Waals surface area contributed by atoms with Crippen LogP contribution in [0.4, 0.5) is 4.39 Å². The minimum absolute atomic E-state index is 0.142.